The van der Waals surface area contributed by atoms with Gasteiger partial charge < -0.3 is 15.7 Å². The van der Waals surface area contributed by atoms with Crippen LogP contribution in [0.4, 0.5) is 5.13 Å². The third-order valence-corrected chi connectivity index (χ3v) is 4.23. The van der Waals surface area contributed by atoms with Crippen LogP contribution >= 0.6 is 11.3 Å². The number of aliphatic hydroxyl groups is 1. The number of hydrogen-bond donors (Lipinski definition) is 2. The maximum Gasteiger partial charge on any atom is 0.180 e. The van der Waals surface area contributed by atoms with Gasteiger partial charge in [0.2, 0.25) is 0 Å². The Labute approximate surface area is 100 Å². The van der Waals surface area contributed by atoms with Gasteiger partial charge in [-0.3, -0.25) is 0 Å². The second-order valence-electron chi connectivity index (χ2n) is 4.44. The predicted molar refractivity (Wildman–Crippen MR) is 66.4 cm³/mol. The van der Waals surface area contributed by atoms with Crippen molar-refractivity contribution < 1.29 is 5.11 Å². The Morgan fingerprint density at radius 1 is 1.56 bits per heavy atom. The zero-order valence-corrected chi connectivity index (χ0v) is 10.5. The normalized spacial score (nSPS) is 21.1. The van der Waals surface area contributed by atoms with Crippen molar-refractivity contribution in [2.24, 2.45) is 0 Å². The average Bonchev–Trinajstić information content (AvgIpc) is 2.70. The number of likely N-dealkylation sites (tertiary alicyclic amines) is 1. The Hall–Kier alpha value is -0.650. The summed E-state index contributed by atoms with van der Waals surface area (Å²) in [6, 6.07) is 0. The molecule has 0 unspecified atom stereocenters. The van der Waals surface area contributed by atoms with E-state index in [1.165, 1.54) is 17.8 Å². The molecular weight excluding hydrogens is 222 g/mol. The van der Waals surface area contributed by atoms with Crippen LogP contribution in [-0.4, -0.2) is 34.6 Å². The van der Waals surface area contributed by atoms with Crippen molar-refractivity contribution in [3.8, 4) is 0 Å². The molecule has 3 N–H and O–H groups in total. The largest absolute Gasteiger partial charge is 0.384 e. The van der Waals surface area contributed by atoms with Crippen LogP contribution in [0.5, 0.6) is 0 Å². The van der Waals surface area contributed by atoms with Gasteiger partial charge in [-0.05, 0) is 25.8 Å². The molecule has 0 saturated carbocycles. The Balaban J connectivity index is 2.01. The van der Waals surface area contributed by atoms with Crippen LogP contribution in [0.1, 0.15) is 31.1 Å². The van der Waals surface area contributed by atoms with Gasteiger partial charge in [0.25, 0.3) is 0 Å². The number of nitrogen functional groups attached to an aromatic ring is 1. The summed E-state index contributed by atoms with van der Waals surface area (Å²) in [5, 5.41) is 11.1. The molecule has 0 aromatic carbocycles. The molecule has 1 aromatic heterocycles. The first-order valence-corrected chi connectivity index (χ1v) is 6.62. The summed E-state index contributed by atoms with van der Waals surface area (Å²) in [4.78, 5) is 7.33. The first-order chi connectivity index (χ1) is 7.64. The van der Waals surface area contributed by atoms with Gasteiger partial charge in [-0.15, -0.1) is 0 Å². The van der Waals surface area contributed by atoms with Crippen molar-refractivity contribution in [2.75, 3.05) is 25.4 Å². The van der Waals surface area contributed by atoms with Crippen LogP contribution in [0.2, 0.25) is 0 Å². The molecule has 1 aliphatic rings. The van der Waals surface area contributed by atoms with E-state index < -0.39 is 5.60 Å². The molecule has 0 amide bonds. The monoisotopic (exact) mass is 241 g/mol. The van der Waals surface area contributed by atoms with E-state index in [2.05, 4.69) is 16.8 Å². The molecule has 0 spiro atoms. The van der Waals surface area contributed by atoms with E-state index in [0.29, 0.717) is 5.13 Å². The molecule has 0 atom stereocenters. The first kappa shape index (κ1) is 11.8. The van der Waals surface area contributed by atoms with E-state index in [0.717, 1.165) is 37.4 Å². The first-order valence-electron chi connectivity index (χ1n) is 5.80. The summed E-state index contributed by atoms with van der Waals surface area (Å²) in [5.74, 6) is 0. The highest BCUT2D eigenvalue weighted by molar-refractivity contribution is 7.15. The van der Waals surface area contributed by atoms with Gasteiger partial charge in [0, 0.05) is 19.3 Å². The summed E-state index contributed by atoms with van der Waals surface area (Å²) >= 11 is 1.41. The minimum absolute atomic E-state index is 0.541. The van der Waals surface area contributed by atoms with Gasteiger partial charge in [-0.25, -0.2) is 4.98 Å². The second-order valence-corrected chi connectivity index (χ2v) is 5.50. The lowest BCUT2D eigenvalue weighted by Crippen LogP contribution is -2.42. The molecule has 2 heterocycles. The molecular formula is C11H19N3OS. The van der Waals surface area contributed by atoms with Crippen molar-refractivity contribution in [3.63, 3.8) is 0 Å². The van der Waals surface area contributed by atoms with E-state index in [-0.39, 0.29) is 0 Å². The Kier molecular flexibility index (Phi) is 3.47. The fourth-order valence-electron chi connectivity index (χ4n) is 2.21. The third-order valence-electron chi connectivity index (χ3n) is 3.21. The van der Waals surface area contributed by atoms with Crippen LogP contribution < -0.4 is 5.73 Å². The fraction of sp³-hybridized carbons (Fsp3) is 0.727. The Bertz CT molecular complexity index is 345. The highest BCUT2D eigenvalue weighted by atomic mass is 32.1. The van der Waals surface area contributed by atoms with Crippen molar-refractivity contribution >= 4 is 16.5 Å². The van der Waals surface area contributed by atoms with Crippen LogP contribution in [0, 0.1) is 0 Å². The molecule has 0 radical (unpaired) electrons. The third kappa shape index (κ3) is 2.36. The number of piperidine rings is 1. The SMILES string of the molecule is CCCN1CCC(O)(c2cnc(N)s2)CC1. The topological polar surface area (TPSA) is 62.4 Å². The van der Waals surface area contributed by atoms with Crippen LogP contribution in [0.15, 0.2) is 6.20 Å². The van der Waals surface area contributed by atoms with Gasteiger partial charge in [-0.2, -0.15) is 0 Å². The highest BCUT2D eigenvalue weighted by Crippen LogP contribution is 2.36. The maximum atomic E-state index is 10.5. The number of nitrogens with zero attached hydrogens (tertiary/aromatic N) is 2. The summed E-state index contributed by atoms with van der Waals surface area (Å²) in [6.45, 7) is 5.23. The number of hydrogen-bond acceptors (Lipinski definition) is 5. The lowest BCUT2D eigenvalue weighted by Gasteiger charge is -2.37. The lowest BCUT2D eigenvalue weighted by atomic mass is 9.90. The van der Waals surface area contributed by atoms with Crippen LogP contribution in [0.3, 0.4) is 0 Å². The second kappa shape index (κ2) is 4.69. The zero-order valence-electron chi connectivity index (χ0n) is 9.65. The molecule has 0 aliphatic carbocycles. The van der Waals surface area contributed by atoms with Crippen LogP contribution in [-0.2, 0) is 5.60 Å². The number of rotatable bonds is 3. The van der Waals surface area contributed by atoms with Crippen molar-refractivity contribution in [1.82, 2.24) is 9.88 Å². The molecule has 1 aromatic rings. The quantitative estimate of drug-likeness (QED) is 0.840. The Morgan fingerprint density at radius 2 is 2.25 bits per heavy atom. The van der Waals surface area contributed by atoms with E-state index in [9.17, 15) is 5.11 Å². The van der Waals surface area contributed by atoms with Gasteiger partial charge in [0.1, 0.15) is 5.60 Å². The molecule has 2 rings (SSSR count). The van der Waals surface area contributed by atoms with Gasteiger partial charge >= 0.3 is 0 Å². The smallest absolute Gasteiger partial charge is 0.180 e. The number of thiazole rings is 1. The molecule has 5 heteroatoms. The van der Waals surface area contributed by atoms with E-state index >= 15 is 0 Å². The molecule has 0 bridgehead atoms. The molecule has 90 valence electrons. The molecule has 1 aliphatic heterocycles. The fourth-order valence-corrected chi connectivity index (χ4v) is 3.04. The zero-order chi connectivity index (χ0) is 11.6. The predicted octanol–water partition coefficient (Wildman–Crippen LogP) is 1.42. The highest BCUT2D eigenvalue weighted by Gasteiger charge is 2.35. The van der Waals surface area contributed by atoms with Gasteiger partial charge in [-0.1, -0.05) is 18.3 Å². The van der Waals surface area contributed by atoms with E-state index in [1.807, 2.05) is 0 Å². The molecule has 16 heavy (non-hydrogen) atoms. The van der Waals surface area contributed by atoms with Crippen molar-refractivity contribution in [3.05, 3.63) is 11.1 Å². The summed E-state index contributed by atoms with van der Waals surface area (Å²) in [7, 11) is 0. The van der Waals surface area contributed by atoms with E-state index in [4.69, 9.17) is 5.73 Å². The van der Waals surface area contributed by atoms with Crippen LogP contribution in [0.25, 0.3) is 0 Å². The molecule has 1 saturated heterocycles. The van der Waals surface area contributed by atoms with Crippen molar-refractivity contribution in [1.29, 1.82) is 0 Å². The minimum atomic E-state index is -0.695. The summed E-state index contributed by atoms with van der Waals surface area (Å²) in [5.41, 5.74) is 4.91. The Morgan fingerprint density at radius 3 is 2.75 bits per heavy atom. The summed E-state index contributed by atoms with van der Waals surface area (Å²) < 4.78 is 0. The standard InChI is InChI=1S/C11H19N3OS/c1-2-5-14-6-3-11(15,4-7-14)9-8-13-10(12)16-9/h8,15H,2-7H2,1H3,(H2,12,13). The number of anilines is 1. The van der Waals surface area contributed by atoms with Crippen molar-refractivity contribution in [2.45, 2.75) is 31.8 Å². The number of nitrogens with two attached hydrogens (primary N) is 1. The van der Waals surface area contributed by atoms with E-state index in [1.54, 1.807) is 6.20 Å². The van der Waals surface area contributed by atoms with Gasteiger partial charge in [0.05, 0.1) is 4.88 Å². The lowest BCUT2D eigenvalue weighted by molar-refractivity contribution is -0.0229. The summed E-state index contributed by atoms with van der Waals surface area (Å²) in [6.07, 6.45) is 4.46. The molecule has 1 fully saturated rings. The maximum absolute atomic E-state index is 10.5. The average molecular weight is 241 g/mol. The number of aromatic nitrogens is 1. The van der Waals surface area contributed by atoms with Gasteiger partial charge in [0.15, 0.2) is 5.13 Å². The minimum Gasteiger partial charge on any atom is -0.384 e. The molecule has 4 nitrogen and oxygen atoms in total.